The molecule has 2 rings (SSSR count). The van der Waals surface area contributed by atoms with Crippen molar-refractivity contribution in [3.05, 3.63) is 0 Å². The van der Waals surface area contributed by atoms with Crippen LogP contribution in [0.25, 0.3) is 0 Å². The zero-order chi connectivity index (χ0) is 9.26. The highest BCUT2D eigenvalue weighted by Crippen LogP contribution is 2.27. The summed E-state index contributed by atoms with van der Waals surface area (Å²) in [4.78, 5) is 15.4. The van der Waals surface area contributed by atoms with Gasteiger partial charge in [-0.15, -0.1) is 0 Å². The zero-order valence-electron chi connectivity index (χ0n) is 7.54. The molecule has 0 saturated carbocycles. The van der Waals surface area contributed by atoms with Gasteiger partial charge in [0, 0.05) is 7.05 Å². The molecule has 2 unspecified atom stereocenters. The number of nitrogens with zero attached hydrogens (tertiary/aromatic N) is 1. The molecule has 72 valence electrons. The topological polar surface area (TPSA) is 53.5 Å². The van der Waals surface area contributed by atoms with Crippen LogP contribution in [0.3, 0.4) is 0 Å². The van der Waals surface area contributed by atoms with Crippen LogP contribution in [0.15, 0.2) is 4.99 Å². The van der Waals surface area contributed by atoms with Crippen LogP contribution < -0.4 is 10.6 Å². The first kappa shape index (κ1) is 8.87. The summed E-state index contributed by atoms with van der Waals surface area (Å²) >= 11 is 1.92. The highest BCUT2D eigenvalue weighted by Gasteiger charge is 2.36. The Hall–Kier alpha value is -0.710. The Labute approximate surface area is 81.6 Å². The number of aliphatic imine (C=N–C) groups is 1. The number of thioether (sulfide) groups is 1. The maximum atomic E-state index is 11.5. The summed E-state index contributed by atoms with van der Waals surface area (Å²) in [5.74, 6) is 3.43. The predicted molar refractivity (Wildman–Crippen MR) is 53.9 cm³/mol. The molecule has 0 spiro atoms. The van der Waals surface area contributed by atoms with Crippen LogP contribution in [0.2, 0.25) is 0 Å². The third kappa shape index (κ3) is 1.65. The lowest BCUT2D eigenvalue weighted by molar-refractivity contribution is -0.121. The SMILES string of the molecule is CN=C1NC(=O)C(C2CCSC2)N1. The van der Waals surface area contributed by atoms with Gasteiger partial charge in [-0.3, -0.25) is 15.1 Å². The third-order valence-electron chi connectivity index (χ3n) is 2.48. The van der Waals surface area contributed by atoms with Crippen molar-refractivity contribution in [2.45, 2.75) is 12.5 Å². The van der Waals surface area contributed by atoms with Crippen LogP contribution in [0, 0.1) is 5.92 Å². The fraction of sp³-hybridized carbons (Fsp3) is 0.750. The summed E-state index contributed by atoms with van der Waals surface area (Å²) in [5.41, 5.74) is 0. The molecule has 2 saturated heterocycles. The van der Waals surface area contributed by atoms with E-state index < -0.39 is 0 Å². The minimum Gasteiger partial charge on any atom is -0.344 e. The second-order valence-corrected chi connectivity index (χ2v) is 4.46. The number of carbonyl (C=O) groups is 1. The molecule has 13 heavy (non-hydrogen) atoms. The molecule has 5 heteroatoms. The Morgan fingerprint density at radius 1 is 1.62 bits per heavy atom. The van der Waals surface area contributed by atoms with Gasteiger partial charge in [0.25, 0.3) is 0 Å². The highest BCUT2D eigenvalue weighted by molar-refractivity contribution is 7.99. The van der Waals surface area contributed by atoms with Crippen molar-refractivity contribution >= 4 is 23.6 Å². The zero-order valence-corrected chi connectivity index (χ0v) is 8.36. The van der Waals surface area contributed by atoms with Gasteiger partial charge in [-0.05, 0) is 23.8 Å². The molecule has 2 fully saturated rings. The average Bonchev–Trinajstić information content (AvgIpc) is 2.72. The van der Waals surface area contributed by atoms with E-state index in [2.05, 4.69) is 15.6 Å². The van der Waals surface area contributed by atoms with Crippen molar-refractivity contribution in [1.29, 1.82) is 0 Å². The molecule has 2 aliphatic rings. The molecule has 0 radical (unpaired) electrons. The number of rotatable bonds is 1. The normalized spacial score (nSPS) is 36.4. The second kappa shape index (κ2) is 3.57. The van der Waals surface area contributed by atoms with Gasteiger partial charge in [0.2, 0.25) is 5.91 Å². The van der Waals surface area contributed by atoms with E-state index >= 15 is 0 Å². The van der Waals surface area contributed by atoms with Gasteiger partial charge < -0.3 is 5.32 Å². The first-order valence-corrected chi connectivity index (χ1v) is 5.58. The minimum atomic E-state index is -0.0475. The molecule has 0 aliphatic carbocycles. The molecule has 0 aromatic rings. The summed E-state index contributed by atoms with van der Waals surface area (Å²) in [6.07, 6.45) is 1.13. The molecular formula is C8H13N3OS. The van der Waals surface area contributed by atoms with E-state index in [1.54, 1.807) is 7.05 Å². The number of hydrogen-bond acceptors (Lipinski definition) is 3. The maximum Gasteiger partial charge on any atom is 0.249 e. The summed E-state index contributed by atoms with van der Waals surface area (Å²) in [7, 11) is 1.67. The first-order valence-electron chi connectivity index (χ1n) is 4.43. The van der Waals surface area contributed by atoms with Gasteiger partial charge in [-0.2, -0.15) is 11.8 Å². The van der Waals surface area contributed by atoms with Crippen molar-refractivity contribution in [3.8, 4) is 0 Å². The highest BCUT2D eigenvalue weighted by atomic mass is 32.2. The summed E-state index contributed by atoms with van der Waals surface area (Å²) in [6, 6.07) is -0.0475. The molecule has 2 N–H and O–H groups in total. The maximum absolute atomic E-state index is 11.5. The predicted octanol–water partition coefficient (Wildman–Crippen LogP) is -0.187. The molecule has 2 atom stereocenters. The van der Waals surface area contributed by atoms with E-state index in [0.29, 0.717) is 11.9 Å². The number of hydrogen-bond donors (Lipinski definition) is 2. The van der Waals surface area contributed by atoms with Crippen LogP contribution >= 0.6 is 11.8 Å². The van der Waals surface area contributed by atoms with Crippen molar-refractivity contribution < 1.29 is 4.79 Å². The lowest BCUT2D eigenvalue weighted by Gasteiger charge is -2.13. The fourth-order valence-corrected chi connectivity index (χ4v) is 3.01. The summed E-state index contributed by atoms with van der Waals surface area (Å²) in [6.45, 7) is 0. The molecule has 2 heterocycles. The van der Waals surface area contributed by atoms with Crippen molar-refractivity contribution in [1.82, 2.24) is 10.6 Å². The molecular weight excluding hydrogens is 186 g/mol. The summed E-state index contributed by atoms with van der Waals surface area (Å²) in [5, 5.41) is 5.83. The van der Waals surface area contributed by atoms with E-state index in [1.165, 1.54) is 5.75 Å². The lowest BCUT2D eigenvalue weighted by atomic mass is 10.00. The Balaban J connectivity index is 2.03. The first-order chi connectivity index (χ1) is 6.31. The standard InChI is InChI=1S/C8H13N3OS/c1-9-8-10-6(7(12)11-8)5-2-3-13-4-5/h5-6H,2-4H2,1H3,(H2,9,10,11,12). The molecule has 4 nitrogen and oxygen atoms in total. The van der Waals surface area contributed by atoms with Crippen LogP contribution in [-0.4, -0.2) is 36.5 Å². The Bertz CT molecular complexity index is 248. The van der Waals surface area contributed by atoms with Crippen LogP contribution in [0.5, 0.6) is 0 Å². The smallest absolute Gasteiger partial charge is 0.249 e. The Kier molecular flexibility index (Phi) is 2.44. The average molecular weight is 199 g/mol. The molecule has 0 aromatic carbocycles. The Morgan fingerprint density at radius 2 is 2.46 bits per heavy atom. The summed E-state index contributed by atoms with van der Waals surface area (Å²) < 4.78 is 0. The molecule has 2 aliphatic heterocycles. The number of guanidine groups is 1. The van der Waals surface area contributed by atoms with Crippen molar-refractivity contribution in [2.75, 3.05) is 18.6 Å². The van der Waals surface area contributed by atoms with E-state index in [9.17, 15) is 4.79 Å². The Morgan fingerprint density at radius 3 is 3.00 bits per heavy atom. The van der Waals surface area contributed by atoms with Gasteiger partial charge in [0.15, 0.2) is 5.96 Å². The van der Waals surface area contributed by atoms with E-state index in [1.807, 2.05) is 11.8 Å². The van der Waals surface area contributed by atoms with Gasteiger partial charge in [0.05, 0.1) is 0 Å². The van der Waals surface area contributed by atoms with Gasteiger partial charge in [0.1, 0.15) is 6.04 Å². The number of amides is 1. The fourth-order valence-electron chi connectivity index (χ4n) is 1.71. The molecule has 0 bridgehead atoms. The van der Waals surface area contributed by atoms with Crippen molar-refractivity contribution in [3.63, 3.8) is 0 Å². The van der Waals surface area contributed by atoms with Crippen molar-refractivity contribution in [2.24, 2.45) is 10.9 Å². The van der Waals surface area contributed by atoms with E-state index in [-0.39, 0.29) is 11.9 Å². The number of carbonyl (C=O) groups excluding carboxylic acids is 1. The van der Waals surface area contributed by atoms with Gasteiger partial charge in [-0.1, -0.05) is 0 Å². The van der Waals surface area contributed by atoms with E-state index in [0.717, 1.165) is 12.2 Å². The molecule has 0 aromatic heterocycles. The number of nitrogens with one attached hydrogen (secondary N) is 2. The molecule has 1 amide bonds. The van der Waals surface area contributed by atoms with Gasteiger partial charge >= 0.3 is 0 Å². The second-order valence-electron chi connectivity index (χ2n) is 3.31. The third-order valence-corrected chi connectivity index (χ3v) is 3.66. The minimum absolute atomic E-state index is 0.0475. The van der Waals surface area contributed by atoms with Gasteiger partial charge in [-0.25, -0.2) is 0 Å². The lowest BCUT2D eigenvalue weighted by Crippen LogP contribution is -2.37. The monoisotopic (exact) mass is 199 g/mol. The van der Waals surface area contributed by atoms with Crippen LogP contribution in [-0.2, 0) is 4.79 Å². The largest absolute Gasteiger partial charge is 0.344 e. The van der Waals surface area contributed by atoms with Crippen LogP contribution in [0.4, 0.5) is 0 Å². The van der Waals surface area contributed by atoms with E-state index in [4.69, 9.17) is 0 Å². The quantitative estimate of drug-likeness (QED) is 0.615. The van der Waals surface area contributed by atoms with Crippen LogP contribution in [0.1, 0.15) is 6.42 Å².